The fraction of sp³-hybridized carbons (Fsp3) is 0.538. The Morgan fingerprint density at radius 2 is 2.00 bits per heavy atom. The van der Waals surface area contributed by atoms with Crippen LogP contribution in [0.2, 0.25) is 0 Å². The topological polar surface area (TPSA) is 62.5 Å². The molecule has 1 aliphatic heterocycles. The van der Waals surface area contributed by atoms with Crippen molar-refractivity contribution in [2.45, 2.75) is 19.9 Å². The normalized spacial score (nSPS) is 17.7. The number of aryl methyl sites for hydroxylation is 1. The maximum absolute atomic E-state index is 10.7. The van der Waals surface area contributed by atoms with Crippen molar-refractivity contribution in [1.82, 2.24) is 9.88 Å². The van der Waals surface area contributed by atoms with Crippen LogP contribution in [0, 0.1) is 6.92 Å². The maximum atomic E-state index is 10.7. The molecule has 2 rings (SSSR count). The molecule has 1 aromatic heterocycles. The van der Waals surface area contributed by atoms with E-state index in [1.165, 1.54) is 0 Å². The Labute approximate surface area is 108 Å². The molecule has 98 valence electrons. The van der Waals surface area contributed by atoms with E-state index < -0.39 is 0 Å². The van der Waals surface area contributed by atoms with E-state index in [-0.39, 0.29) is 6.04 Å². The fourth-order valence-electron chi connectivity index (χ4n) is 2.27. The first-order valence-electron chi connectivity index (χ1n) is 6.29. The van der Waals surface area contributed by atoms with Crippen LogP contribution in [-0.2, 0) is 4.79 Å². The largest absolute Gasteiger partial charge is 0.353 e. The molecule has 2 N–H and O–H groups in total. The lowest BCUT2D eigenvalue weighted by atomic mass is 10.1. The average molecular weight is 248 g/mol. The second-order valence-electron chi connectivity index (χ2n) is 4.76. The van der Waals surface area contributed by atoms with Gasteiger partial charge in [-0.05, 0) is 25.5 Å². The summed E-state index contributed by atoms with van der Waals surface area (Å²) in [4.78, 5) is 19.3. The standard InChI is InChI=1S/C13H20N4O/c1-10(14)12-3-4-13(15-11(12)2)17-7-5-16(9-18)6-8-17/h3-4,9-10H,5-8,14H2,1-2H3. The van der Waals surface area contributed by atoms with E-state index in [4.69, 9.17) is 5.73 Å². The number of carbonyl (C=O) groups excluding carboxylic acids is 1. The Hall–Kier alpha value is -1.62. The smallest absolute Gasteiger partial charge is 0.209 e. The van der Waals surface area contributed by atoms with Gasteiger partial charge in [-0.25, -0.2) is 4.98 Å². The summed E-state index contributed by atoms with van der Waals surface area (Å²) in [6.45, 7) is 7.15. The molecule has 18 heavy (non-hydrogen) atoms. The van der Waals surface area contributed by atoms with Gasteiger partial charge in [0.2, 0.25) is 6.41 Å². The lowest BCUT2D eigenvalue weighted by Gasteiger charge is -2.33. The number of hydrogen-bond acceptors (Lipinski definition) is 4. The Balaban J connectivity index is 2.10. The lowest BCUT2D eigenvalue weighted by Crippen LogP contribution is -2.46. The van der Waals surface area contributed by atoms with Crippen molar-refractivity contribution in [2.75, 3.05) is 31.1 Å². The predicted octanol–water partition coefficient (Wildman–Crippen LogP) is 0.688. The first kappa shape index (κ1) is 12.8. The molecular formula is C13H20N4O. The Kier molecular flexibility index (Phi) is 3.81. The molecule has 5 nitrogen and oxygen atoms in total. The second-order valence-corrected chi connectivity index (χ2v) is 4.76. The summed E-state index contributed by atoms with van der Waals surface area (Å²) in [6, 6.07) is 4.08. The van der Waals surface area contributed by atoms with Crippen molar-refractivity contribution in [3.8, 4) is 0 Å². The number of aromatic nitrogens is 1. The summed E-state index contributed by atoms with van der Waals surface area (Å²) in [6.07, 6.45) is 0.912. The summed E-state index contributed by atoms with van der Waals surface area (Å²) in [7, 11) is 0. The number of pyridine rings is 1. The van der Waals surface area contributed by atoms with Gasteiger partial charge < -0.3 is 15.5 Å². The van der Waals surface area contributed by atoms with Gasteiger partial charge in [0.05, 0.1) is 0 Å². The number of anilines is 1. The molecular weight excluding hydrogens is 228 g/mol. The third-order valence-corrected chi connectivity index (χ3v) is 3.39. The van der Waals surface area contributed by atoms with Gasteiger partial charge in [-0.1, -0.05) is 6.07 Å². The van der Waals surface area contributed by atoms with E-state index in [0.717, 1.165) is 49.7 Å². The van der Waals surface area contributed by atoms with Crippen LogP contribution in [0.3, 0.4) is 0 Å². The summed E-state index contributed by atoms with van der Waals surface area (Å²) in [5.74, 6) is 0.974. The zero-order valence-corrected chi connectivity index (χ0v) is 11.0. The number of piperazine rings is 1. The van der Waals surface area contributed by atoms with Crippen LogP contribution >= 0.6 is 0 Å². The van der Waals surface area contributed by atoms with Gasteiger partial charge in [-0.2, -0.15) is 0 Å². The molecule has 1 fully saturated rings. The third-order valence-electron chi connectivity index (χ3n) is 3.39. The molecule has 1 aliphatic rings. The minimum atomic E-state index is 0.0125. The van der Waals surface area contributed by atoms with Crippen LogP contribution < -0.4 is 10.6 Å². The van der Waals surface area contributed by atoms with Crippen molar-refractivity contribution < 1.29 is 4.79 Å². The molecule has 0 saturated carbocycles. The van der Waals surface area contributed by atoms with Crippen LogP contribution in [0.5, 0.6) is 0 Å². The molecule has 1 unspecified atom stereocenters. The lowest BCUT2D eigenvalue weighted by molar-refractivity contribution is -0.118. The number of nitrogens with zero attached hydrogens (tertiary/aromatic N) is 3. The fourth-order valence-corrected chi connectivity index (χ4v) is 2.27. The van der Waals surface area contributed by atoms with E-state index in [1.807, 2.05) is 19.9 Å². The number of rotatable bonds is 3. The number of nitrogens with two attached hydrogens (primary N) is 1. The third kappa shape index (κ3) is 2.61. The highest BCUT2D eigenvalue weighted by Gasteiger charge is 2.17. The summed E-state index contributed by atoms with van der Waals surface area (Å²) >= 11 is 0. The monoisotopic (exact) mass is 248 g/mol. The predicted molar refractivity (Wildman–Crippen MR) is 71.4 cm³/mol. The zero-order chi connectivity index (χ0) is 13.1. The molecule has 2 heterocycles. The Bertz CT molecular complexity index is 425. The molecule has 0 radical (unpaired) electrons. The maximum Gasteiger partial charge on any atom is 0.209 e. The van der Waals surface area contributed by atoms with E-state index >= 15 is 0 Å². The average Bonchev–Trinajstić information content (AvgIpc) is 2.38. The Morgan fingerprint density at radius 1 is 1.33 bits per heavy atom. The van der Waals surface area contributed by atoms with Crippen LogP contribution in [0.1, 0.15) is 24.2 Å². The summed E-state index contributed by atoms with van der Waals surface area (Å²) in [5, 5.41) is 0. The van der Waals surface area contributed by atoms with Crippen molar-refractivity contribution in [3.63, 3.8) is 0 Å². The minimum absolute atomic E-state index is 0.0125. The van der Waals surface area contributed by atoms with Gasteiger partial charge in [0.25, 0.3) is 0 Å². The number of amides is 1. The second kappa shape index (κ2) is 5.35. The highest BCUT2D eigenvalue weighted by Crippen LogP contribution is 2.19. The molecule has 1 amide bonds. The molecule has 1 aromatic rings. The van der Waals surface area contributed by atoms with Crippen molar-refractivity contribution in [1.29, 1.82) is 0 Å². The van der Waals surface area contributed by atoms with Gasteiger partial charge in [0.1, 0.15) is 5.82 Å². The first-order valence-corrected chi connectivity index (χ1v) is 6.29. The van der Waals surface area contributed by atoms with E-state index in [2.05, 4.69) is 16.0 Å². The number of carbonyl (C=O) groups is 1. The molecule has 0 spiro atoms. The molecule has 0 aromatic carbocycles. The quantitative estimate of drug-likeness (QED) is 0.799. The molecule has 1 atom stereocenters. The molecule has 0 bridgehead atoms. The first-order chi connectivity index (χ1) is 8.61. The van der Waals surface area contributed by atoms with Gasteiger partial charge in [0.15, 0.2) is 0 Å². The van der Waals surface area contributed by atoms with Gasteiger partial charge >= 0.3 is 0 Å². The summed E-state index contributed by atoms with van der Waals surface area (Å²) < 4.78 is 0. The minimum Gasteiger partial charge on any atom is -0.353 e. The van der Waals surface area contributed by atoms with Crippen molar-refractivity contribution in [3.05, 3.63) is 23.4 Å². The molecule has 5 heteroatoms. The van der Waals surface area contributed by atoms with E-state index in [0.29, 0.717) is 0 Å². The Morgan fingerprint density at radius 3 is 2.50 bits per heavy atom. The van der Waals surface area contributed by atoms with Gasteiger partial charge in [0, 0.05) is 37.9 Å². The van der Waals surface area contributed by atoms with Crippen molar-refractivity contribution in [2.24, 2.45) is 5.73 Å². The van der Waals surface area contributed by atoms with Crippen LogP contribution in [-0.4, -0.2) is 42.5 Å². The zero-order valence-electron chi connectivity index (χ0n) is 11.0. The van der Waals surface area contributed by atoms with Crippen molar-refractivity contribution >= 4 is 12.2 Å². The molecule has 1 saturated heterocycles. The van der Waals surface area contributed by atoms with E-state index in [1.54, 1.807) is 4.90 Å². The highest BCUT2D eigenvalue weighted by molar-refractivity contribution is 5.49. The van der Waals surface area contributed by atoms with E-state index in [9.17, 15) is 4.79 Å². The highest BCUT2D eigenvalue weighted by atomic mass is 16.1. The van der Waals surface area contributed by atoms with Gasteiger partial charge in [-0.15, -0.1) is 0 Å². The van der Waals surface area contributed by atoms with Crippen LogP contribution in [0.4, 0.5) is 5.82 Å². The van der Waals surface area contributed by atoms with Gasteiger partial charge in [-0.3, -0.25) is 4.79 Å². The number of hydrogen-bond donors (Lipinski definition) is 1. The SMILES string of the molecule is Cc1nc(N2CCN(C=O)CC2)ccc1C(C)N. The summed E-state index contributed by atoms with van der Waals surface area (Å²) in [5.41, 5.74) is 7.95. The van der Waals surface area contributed by atoms with Crippen LogP contribution in [0.15, 0.2) is 12.1 Å². The molecule has 0 aliphatic carbocycles. The van der Waals surface area contributed by atoms with Crippen LogP contribution in [0.25, 0.3) is 0 Å².